The van der Waals surface area contributed by atoms with Crippen molar-refractivity contribution < 1.29 is 9.50 Å². The SMILES string of the molecule is OCn1nnc(-c2cccc(F)c2)c1-c1ccccc1. The summed E-state index contributed by atoms with van der Waals surface area (Å²) in [6.45, 7) is -0.285. The molecule has 0 saturated carbocycles. The molecular weight excluding hydrogens is 257 g/mol. The first-order valence-corrected chi connectivity index (χ1v) is 6.15. The summed E-state index contributed by atoms with van der Waals surface area (Å²) < 4.78 is 14.8. The third-order valence-corrected chi connectivity index (χ3v) is 3.01. The molecule has 0 aliphatic rings. The number of aliphatic hydroxyl groups is 1. The Morgan fingerprint density at radius 1 is 1.00 bits per heavy atom. The van der Waals surface area contributed by atoms with E-state index in [1.165, 1.54) is 16.8 Å². The second-order valence-corrected chi connectivity index (χ2v) is 4.30. The molecule has 2 aromatic carbocycles. The van der Waals surface area contributed by atoms with Gasteiger partial charge in [-0.15, -0.1) is 5.10 Å². The van der Waals surface area contributed by atoms with Crippen LogP contribution in [0.4, 0.5) is 4.39 Å². The molecule has 5 heteroatoms. The number of halogens is 1. The molecule has 0 aliphatic carbocycles. The fraction of sp³-hybridized carbons (Fsp3) is 0.0667. The molecule has 0 unspecified atom stereocenters. The van der Waals surface area contributed by atoms with Crippen molar-refractivity contribution in [3.05, 3.63) is 60.4 Å². The van der Waals surface area contributed by atoms with Crippen molar-refractivity contribution in [3.63, 3.8) is 0 Å². The Labute approximate surface area is 115 Å². The molecular formula is C15H12FN3O. The highest BCUT2D eigenvalue weighted by Crippen LogP contribution is 2.30. The first kappa shape index (κ1) is 12.5. The molecule has 4 nitrogen and oxygen atoms in total. The van der Waals surface area contributed by atoms with Gasteiger partial charge in [-0.25, -0.2) is 9.07 Å². The van der Waals surface area contributed by atoms with Crippen LogP contribution in [0.3, 0.4) is 0 Å². The minimum atomic E-state index is -0.333. The predicted molar refractivity (Wildman–Crippen MR) is 73.1 cm³/mol. The van der Waals surface area contributed by atoms with Crippen molar-refractivity contribution in [2.75, 3.05) is 0 Å². The van der Waals surface area contributed by atoms with Crippen LogP contribution in [0.1, 0.15) is 0 Å². The molecule has 1 N–H and O–H groups in total. The van der Waals surface area contributed by atoms with Gasteiger partial charge in [0.15, 0.2) is 0 Å². The van der Waals surface area contributed by atoms with Crippen molar-refractivity contribution in [3.8, 4) is 22.5 Å². The Hall–Kier alpha value is -2.53. The van der Waals surface area contributed by atoms with Crippen molar-refractivity contribution in [2.24, 2.45) is 0 Å². The number of nitrogens with zero attached hydrogens (tertiary/aromatic N) is 3. The van der Waals surface area contributed by atoms with Gasteiger partial charge in [0.1, 0.15) is 18.2 Å². The van der Waals surface area contributed by atoms with Crippen LogP contribution in [0.5, 0.6) is 0 Å². The van der Waals surface area contributed by atoms with Crippen molar-refractivity contribution in [2.45, 2.75) is 6.73 Å². The molecule has 0 bridgehead atoms. The smallest absolute Gasteiger partial charge is 0.138 e. The lowest BCUT2D eigenvalue weighted by Crippen LogP contribution is -2.01. The fourth-order valence-corrected chi connectivity index (χ4v) is 2.12. The molecule has 0 atom stereocenters. The van der Waals surface area contributed by atoms with Gasteiger partial charge in [-0.05, 0) is 12.1 Å². The Kier molecular flexibility index (Phi) is 3.26. The number of rotatable bonds is 3. The van der Waals surface area contributed by atoms with Crippen LogP contribution in [0.25, 0.3) is 22.5 Å². The largest absolute Gasteiger partial charge is 0.374 e. The normalized spacial score (nSPS) is 10.7. The maximum Gasteiger partial charge on any atom is 0.138 e. The average molecular weight is 269 g/mol. The van der Waals surface area contributed by atoms with Crippen LogP contribution in [0.15, 0.2) is 54.6 Å². The molecule has 3 aromatic rings. The summed E-state index contributed by atoms with van der Waals surface area (Å²) >= 11 is 0. The van der Waals surface area contributed by atoms with Gasteiger partial charge in [0, 0.05) is 11.1 Å². The van der Waals surface area contributed by atoms with Gasteiger partial charge in [0.05, 0.1) is 5.69 Å². The van der Waals surface area contributed by atoms with Gasteiger partial charge in [-0.2, -0.15) is 0 Å². The average Bonchev–Trinajstić information content (AvgIpc) is 2.92. The van der Waals surface area contributed by atoms with Crippen LogP contribution in [-0.4, -0.2) is 20.1 Å². The second kappa shape index (κ2) is 5.22. The van der Waals surface area contributed by atoms with Gasteiger partial charge >= 0.3 is 0 Å². The maximum atomic E-state index is 13.4. The number of hydrogen-bond acceptors (Lipinski definition) is 3. The van der Waals surface area contributed by atoms with Crippen LogP contribution >= 0.6 is 0 Å². The van der Waals surface area contributed by atoms with E-state index in [0.29, 0.717) is 17.0 Å². The zero-order chi connectivity index (χ0) is 13.9. The molecule has 3 rings (SSSR count). The van der Waals surface area contributed by atoms with E-state index in [1.807, 2.05) is 30.3 Å². The molecule has 0 aliphatic heterocycles. The lowest BCUT2D eigenvalue weighted by molar-refractivity contribution is 0.194. The molecule has 0 radical (unpaired) electrons. The fourth-order valence-electron chi connectivity index (χ4n) is 2.12. The topological polar surface area (TPSA) is 50.9 Å². The Morgan fingerprint density at radius 3 is 2.45 bits per heavy atom. The monoisotopic (exact) mass is 269 g/mol. The first-order chi connectivity index (χ1) is 9.79. The minimum absolute atomic E-state index is 0.285. The van der Waals surface area contributed by atoms with Crippen molar-refractivity contribution in [1.82, 2.24) is 15.0 Å². The predicted octanol–water partition coefficient (Wildman–Crippen LogP) is 2.70. The van der Waals surface area contributed by atoms with Crippen LogP contribution in [-0.2, 0) is 6.73 Å². The van der Waals surface area contributed by atoms with Crippen LogP contribution < -0.4 is 0 Å². The van der Waals surface area contributed by atoms with E-state index >= 15 is 0 Å². The summed E-state index contributed by atoms with van der Waals surface area (Å²) in [6.07, 6.45) is 0. The number of aliphatic hydroxyl groups excluding tert-OH is 1. The van der Waals surface area contributed by atoms with Crippen molar-refractivity contribution in [1.29, 1.82) is 0 Å². The standard InChI is InChI=1S/C15H12FN3O/c16-13-8-4-7-12(9-13)14-15(19(10-20)18-17-14)11-5-2-1-3-6-11/h1-9,20H,10H2. The highest BCUT2D eigenvalue weighted by molar-refractivity contribution is 5.77. The van der Waals surface area contributed by atoms with E-state index in [4.69, 9.17) is 0 Å². The maximum absolute atomic E-state index is 13.4. The zero-order valence-electron chi connectivity index (χ0n) is 10.6. The summed E-state index contributed by atoms with van der Waals surface area (Å²) in [7, 11) is 0. The van der Waals surface area contributed by atoms with E-state index in [2.05, 4.69) is 10.3 Å². The van der Waals surface area contributed by atoms with Crippen molar-refractivity contribution >= 4 is 0 Å². The first-order valence-electron chi connectivity index (χ1n) is 6.15. The van der Waals surface area contributed by atoms with E-state index in [0.717, 1.165) is 5.56 Å². The third-order valence-electron chi connectivity index (χ3n) is 3.01. The molecule has 100 valence electrons. The lowest BCUT2D eigenvalue weighted by Gasteiger charge is -2.06. The number of hydrogen-bond donors (Lipinski definition) is 1. The highest BCUT2D eigenvalue weighted by Gasteiger charge is 2.16. The summed E-state index contributed by atoms with van der Waals surface area (Å²) in [4.78, 5) is 0. The lowest BCUT2D eigenvalue weighted by atomic mass is 10.0. The van der Waals surface area contributed by atoms with E-state index in [1.54, 1.807) is 12.1 Å². The summed E-state index contributed by atoms with van der Waals surface area (Å²) in [5.41, 5.74) is 2.71. The van der Waals surface area contributed by atoms with E-state index < -0.39 is 0 Å². The van der Waals surface area contributed by atoms with Gasteiger partial charge < -0.3 is 5.11 Å². The van der Waals surface area contributed by atoms with E-state index in [-0.39, 0.29) is 12.5 Å². The van der Waals surface area contributed by atoms with Crippen LogP contribution in [0, 0.1) is 5.82 Å². The van der Waals surface area contributed by atoms with E-state index in [9.17, 15) is 9.50 Å². The van der Waals surface area contributed by atoms with Gasteiger partial charge in [-0.3, -0.25) is 0 Å². The van der Waals surface area contributed by atoms with Gasteiger partial charge in [0.25, 0.3) is 0 Å². The molecule has 0 amide bonds. The summed E-state index contributed by atoms with van der Waals surface area (Å²) in [6, 6.07) is 15.6. The summed E-state index contributed by atoms with van der Waals surface area (Å²) in [5.74, 6) is -0.333. The summed E-state index contributed by atoms with van der Waals surface area (Å²) in [5, 5.41) is 17.4. The molecule has 20 heavy (non-hydrogen) atoms. The quantitative estimate of drug-likeness (QED) is 0.795. The minimum Gasteiger partial charge on any atom is -0.374 e. The second-order valence-electron chi connectivity index (χ2n) is 4.30. The molecule has 0 saturated heterocycles. The molecule has 1 aromatic heterocycles. The Morgan fingerprint density at radius 2 is 1.75 bits per heavy atom. The van der Waals surface area contributed by atoms with Gasteiger partial charge in [-0.1, -0.05) is 47.7 Å². The Bertz CT molecular complexity index is 725. The number of aromatic nitrogens is 3. The molecule has 0 fully saturated rings. The van der Waals surface area contributed by atoms with Crippen LogP contribution in [0.2, 0.25) is 0 Å². The third kappa shape index (κ3) is 2.19. The zero-order valence-corrected chi connectivity index (χ0v) is 10.6. The molecule has 0 spiro atoms. The highest BCUT2D eigenvalue weighted by atomic mass is 19.1. The number of benzene rings is 2. The Balaban J connectivity index is 2.20. The molecule has 1 heterocycles. The van der Waals surface area contributed by atoms with Gasteiger partial charge in [0.2, 0.25) is 0 Å².